The van der Waals surface area contributed by atoms with Crippen LogP contribution < -0.4 is 0 Å². The van der Waals surface area contributed by atoms with Gasteiger partial charge in [0.05, 0.1) is 17.7 Å². The van der Waals surface area contributed by atoms with Gasteiger partial charge in [-0.15, -0.1) is 0 Å². The SMILES string of the molecule is CC[C@]1(O)CCCN(C(=O)Cc2cnccn2)C1. The summed E-state index contributed by atoms with van der Waals surface area (Å²) >= 11 is 0. The van der Waals surface area contributed by atoms with Crippen molar-refractivity contribution in [3.05, 3.63) is 24.3 Å². The van der Waals surface area contributed by atoms with Gasteiger partial charge in [-0.1, -0.05) is 6.92 Å². The number of nitrogens with zero attached hydrogens (tertiary/aromatic N) is 3. The summed E-state index contributed by atoms with van der Waals surface area (Å²) in [5.41, 5.74) is -0.0378. The Hall–Kier alpha value is -1.49. The number of amides is 1. The molecule has 5 nitrogen and oxygen atoms in total. The van der Waals surface area contributed by atoms with Crippen molar-refractivity contribution < 1.29 is 9.90 Å². The van der Waals surface area contributed by atoms with Crippen LogP contribution in [0.1, 0.15) is 31.9 Å². The number of hydrogen-bond acceptors (Lipinski definition) is 4. The molecule has 1 fully saturated rings. The van der Waals surface area contributed by atoms with E-state index < -0.39 is 5.60 Å². The predicted octanol–water partition coefficient (Wildman–Crippen LogP) is 0.783. The zero-order valence-corrected chi connectivity index (χ0v) is 10.7. The highest BCUT2D eigenvalue weighted by Gasteiger charge is 2.33. The normalized spacial score (nSPS) is 24.0. The summed E-state index contributed by atoms with van der Waals surface area (Å²) in [6.07, 6.45) is 7.35. The summed E-state index contributed by atoms with van der Waals surface area (Å²) in [5, 5.41) is 10.2. The van der Waals surface area contributed by atoms with E-state index >= 15 is 0 Å². The Morgan fingerprint density at radius 3 is 3.06 bits per heavy atom. The number of hydrogen-bond donors (Lipinski definition) is 1. The van der Waals surface area contributed by atoms with E-state index in [0.717, 1.165) is 19.4 Å². The van der Waals surface area contributed by atoms with Gasteiger partial charge in [-0.25, -0.2) is 0 Å². The average molecular weight is 249 g/mol. The van der Waals surface area contributed by atoms with Gasteiger partial charge < -0.3 is 10.0 Å². The number of rotatable bonds is 3. The van der Waals surface area contributed by atoms with E-state index in [1.807, 2.05) is 6.92 Å². The Kier molecular flexibility index (Phi) is 3.91. The molecule has 98 valence electrons. The fourth-order valence-electron chi connectivity index (χ4n) is 2.30. The highest BCUT2D eigenvalue weighted by atomic mass is 16.3. The fourth-order valence-corrected chi connectivity index (χ4v) is 2.30. The molecular weight excluding hydrogens is 230 g/mol. The first-order valence-electron chi connectivity index (χ1n) is 6.38. The van der Waals surface area contributed by atoms with Crippen LogP contribution in [0.25, 0.3) is 0 Å². The maximum atomic E-state index is 12.1. The lowest BCUT2D eigenvalue weighted by molar-refractivity contribution is -0.137. The minimum Gasteiger partial charge on any atom is -0.388 e. The van der Waals surface area contributed by atoms with Crippen molar-refractivity contribution in [3.63, 3.8) is 0 Å². The number of aromatic nitrogens is 2. The van der Waals surface area contributed by atoms with E-state index in [4.69, 9.17) is 0 Å². The number of β-amino-alcohol motifs (C(OH)–C–C–N with tert-alkyl or cyclic N) is 1. The lowest BCUT2D eigenvalue weighted by Gasteiger charge is -2.38. The van der Waals surface area contributed by atoms with Crippen LogP contribution in [-0.4, -0.2) is 44.6 Å². The fraction of sp³-hybridized carbons (Fsp3) is 0.615. The summed E-state index contributed by atoms with van der Waals surface area (Å²) in [6.45, 7) is 3.11. The molecule has 0 bridgehead atoms. The van der Waals surface area contributed by atoms with Gasteiger partial charge in [0.1, 0.15) is 0 Å². The zero-order valence-electron chi connectivity index (χ0n) is 10.7. The van der Waals surface area contributed by atoms with Gasteiger partial charge in [0.25, 0.3) is 0 Å². The highest BCUT2D eigenvalue weighted by Crippen LogP contribution is 2.24. The first-order valence-corrected chi connectivity index (χ1v) is 6.38. The molecule has 1 aromatic rings. The van der Waals surface area contributed by atoms with Crippen LogP contribution in [0, 0.1) is 0 Å². The molecule has 1 aliphatic rings. The van der Waals surface area contributed by atoms with Gasteiger partial charge in [0, 0.05) is 31.7 Å². The molecule has 0 aliphatic carbocycles. The molecule has 1 amide bonds. The third kappa shape index (κ3) is 3.04. The van der Waals surface area contributed by atoms with E-state index in [1.165, 1.54) is 0 Å². The lowest BCUT2D eigenvalue weighted by Crippen LogP contribution is -2.50. The van der Waals surface area contributed by atoms with E-state index in [0.29, 0.717) is 18.7 Å². The van der Waals surface area contributed by atoms with Crippen LogP contribution in [0.4, 0.5) is 0 Å². The average Bonchev–Trinajstić information content (AvgIpc) is 2.40. The number of carbonyl (C=O) groups is 1. The molecule has 1 aliphatic heterocycles. The van der Waals surface area contributed by atoms with Gasteiger partial charge in [0.2, 0.25) is 5.91 Å². The summed E-state index contributed by atoms with van der Waals surface area (Å²) in [4.78, 5) is 21.9. The molecule has 0 saturated carbocycles. The van der Waals surface area contributed by atoms with Gasteiger partial charge in [-0.05, 0) is 19.3 Å². The van der Waals surface area contributed by atoms with Crippen molar-refractivity contribution in [3.8, 4) is 0 Å². The predicted molar refractivity (Wildman–Crippen MR) is 66.8 cm³/mol. The quantitative estimate of drug-likeness (QED) is 0.859. The van der Waals surface area contributed by atoms with Crippen LogP contribution in [0.15, 0.2) is 18.6 Å². The number of piperidine rings is 1. The third-order valence-electron chi connectivity index (χ3n) is 3.52. The topological polar surface area (TPSA) is 66.3 Å². The van der Waals surface area contributed by atoms with E-state index in [9.17, 15) is 9.90 Å². The van der Waals surface area contributed by atoms with Gasteiger partial charge >= 0.3 is 0 Å². The molecule has 18 heavy (non-hydrogen) atoms. The van der Waals surface area contributed by atoms with Gasteiger partial charge in [-0.3, -0.25) is 14.8 Å². The lowest BCUT2D eigenvalue weighted by atomic mass is 9.90. The molecule has 1 aromatic heterocycles. The van der Waals surface area contributed by atoms with Crippen molar-refractivity contribution in [1.29, 1.82) is 0 Å². The van der Waals surface area contributed by atoms with E-state index in [2.05, 4.69) is 9.97 Å². The van der Waals surface area contributed by atoms with Crippen molar-refractivity contribution in [2.75, 3.05) is 13.1 Å². The Bertz CT molecular complexity index is 410. The molecule has 1 saturated heterocycles. The molecule has 2 heterocycles. The molecule has 0 radical (unpaired) electrons. The number of likely N-dealkylation sites (tertiary alicyclic amines) is 1. The van der Waals surface area contributed by atoms with E-state index in [-0.39, 0.29) is 12.3 Å². The maximum Gasteiger partial charge on any atom is 0.228 e. The van der Waals surface area contributed by atoms with Crippen LogP contribution in [0.2, 0.25) is 0 Å². The third-order valence-corrected chi connectivity index (χ3v) is 3.52. The second kappa shape index (κ2) is 5.44. The highest BCUT2D eigenvalue weighted by molar-refractivity contribution is 5.78. The summed E-state index contributed by atoms with van der Waals surface area (Å²) in [7, 11) is 0. The van der Waals surface area contributed by atoms with Gasteiger partial charge in [-0.2, -0.15) is 0 Å². The molecule has 2 rings (SSSR count). The largest absolute Gasteiger partial charge is 0.388 e. The Balaban J connectivity index is 1.97. The smallest absolute Gasteiger partial charge is 0.228 e. The maximum absolute atomic E-state index is 12.1. The van der Waals surface area contributed by atoms with Crippen molar-refractivity contribution in [1.82, 2.24) is 14.9 Å². The minimum absolute atomic E-state index is 0.0158. The van der Waals surface area contributed by atoms with Crippen LogP contribution in [0.3, 0.4) is 0 Å². The Morgan fingerprint density at radius 1 is 1.56 bits per heavy atom. The standard InChI is InChI=1S/C13H19N3O2/c1-2-13(18)4-3-7-16(10-13)12(17)8-11-9-14-5-6-15-11/h5-6,9,18H,2-4,7-8,10H2,1H3/t13-/m0/s1. The monoisotopic (exact) mass is 249 g/mol. The number of aliphatic hydroxyl groups is 1. The minimum atomic E-state index is -0.712. The van der Waals surface area contributed by atoms with Crippen LogP contribution >= 0.6 is 0 Å². The zero-order chi connectivity index (χ0) is 13.0. The molecule has 0 spiro atoms. The van der Waals surface area contributed by atoms with E-state index in [1.54, 1.807) is 23.5 Å². The van der Waals surface area contributed by atoms with Crippen molar-refractivity contribution >= 4 is 5.91 Å². The Morgan fingerprint density at radius 2 is 2.39 bits per heavy atom. The second-order valence-electron chi connectivity index (χ2n) is 4.87. The first kappa shape index (κ1) is 13.0. The van der Waals surface area contributed by atoms with Crippen LogP contribution in [-0.2, 0) is 11.2 Å². The summed E-state index contributed by atoms with van der Waals surface area (Å²) < 4.78 is 0. The van der Waals surface area contributed by atoms with Crippen LogP contribution in [0.5, 0.6) is 0 Å². The molecule has 1 atom stereocenters. The molecule has 1 N–H and O–H groups in total. The first-order chi connectivity index (χ1) is 8.63. The van der Waals surface area contributed by atoms with Crippen molar-refractivity contribution in [2.24, 2.45) is 0 Å². The second-order valence-corrected chi connectivity index (χ2v) is 4.87. The Labute approximate surface area is 107 Å². The molecule has 5 heteroatoms. The summed E-state index contributed by atoms with van der Waals surface area (Å²) in [5.74, 6) is 0.0158. The number of carbonyl (C=O) groups excluding carboxylic acids is 1. The molecular formula is C13H19N3O2. The molecule has 0 aromatic carbocycles. The van der Waals surface area contributed by atoms with Gasteiger partial charge in [0.15, 0.2) is 0 Å². The summed E-state index contributed by atoms with van der Waals surface area (Å²) in [6, 6.07) is 0. The molecule has 0 unspecified atom stereocenters. The van der Waals surface area contributed by atoms with Crippen molar-refractivity contribution in [2.45, 2.75) is 38.2 Å².